The van der Waals surface area contributed by atoms with Crippen LogP contribution in [0.1, 0.15) is 6.92 Å². The molecule has 1 aromatic carbocycles. The number of pyridine rings is 1. The van der Waals surface area contributed by atoms with Gasteiger partial charge in [0.15, 0.2) is 0 Å². The van der Waals surface area contributed by atoms with E-state index in [-0.39, 0.29) is 5.69 Å². The van der Waals surface area contributed by atoms with Crippen molar-refractivity contribution in [2.45, 2.75) is 6.92 Å². The summed E-state index contributed by atoms with van der Waals surface area (Å²) >= 11 is 0. The maximum atomic E-state index is 10.9. The lowest BCUT2D eigenvalue weighted by atomic mass is 10.3. The molecule has 2 aromatic rings. The molecule has 0 radical (unpaired) electrons. The van der Waals surface area contributed by atoms with Crippen LogP contribution in [-0.2, 0) is 0 Å². The smallest absolute Gasteiger partial charge is 0.276 e. The fourth-order valence-corrected chi connectivity index (χ4v) is 1.80. The summed E-state index contributed by atoms with van der Waals surface area (Å²) in [6, 6.07) is 10.1. The molecule has 1 heterocycles. The Morgan fingerprint density at radius 2 is 2.00 bits per heavy atom. The van der Waals surface area contributed by atoms with Gasteiger partial charge in [-0.25, -0.2) is 4.98 Å². The number of nitro groups is 1. The van der Waals surface area contributed by atoms with Crippen molar-refractivity contribution < 1.29 is 9.66 Å². The Bertz CT molecular complexity index is 646. The third kappa shape index (κ3) is 3.59. The number of anilines is 3. The van der Waals surface area contributed by atoms with Crippen molar-refractivity contribution in [3.8, 4) is 5.75 Å². The zero-order valence-electron chi connectivity index (χ0n) is 11.8. The van der Waals surface area contributed by atoms with E-state index in [1.54, 1.807) is 7.05 Å². The first-order valence-electron chi connectivity index (χ1n) is 6.47. The van der Waals surface area contributed by atoms with Gasteiger partial charge in [-0.1, -0.05) is 12.1 Å². The van der Waals surface area contributed by atoms with Crippen LogP contribution in [0.15, 0.2) is 36.4 Å². The summed E-state index contributed by atoms with van der Waals surface area (Å²) in [6.07, 6.45) is 0. The molecule has 0 spiro atoms. The van der Waals surface area contributed by atoms with Gasteiger partial charge in [0, 0.05) is 7.05 Å². The average molecular weight is 288 g/mol. The molecule has 0 saturated heterocycles. The molecule has 0 saturated carbocycles. The topological polar surface area (TPSA) is 89.3 Å². The van der Waals surface area contributed by atoms with E-state index in [1.165, 1.54) is 12.1 Å². The van der Waals surface area contributed by atoms with E-state index in [4.69, 9.17) is 4.74 Å². The fourth-order valence-electron chi connectivity index (χ4n) is 1.80. The summed E-state index contributed by atoms with van der Waals surface area (Å²) in [5, 5.41) is 16.8. The van der Waals surface area contributed by atoms with E-state index in [1.807, 2.05) is 31.2 Å². The molecular weight excluding hydrogens is 272 g/mol. The van der Waals surface area contributed by atoms with Gasteiger partial charge in [0.05, 0.1) is 29.4 Å². The van der Waals surface area contributed by atoms with Gasteiger partial charge < -0.3 is 15.4 Å². The average Bonchev–Trinajstić information content (AvgIpc) is 2.49. The summed E-state index contributed by atoms with van der Waals surface area (Å²) in [4.78, 5) is 14.7. The lowest BCUT2D eigenvalue weighted by Crippen LogP contribution is -2.02. The van der Waals surface area contributed by atoms with Crippen LogP contribution in [0, 0.1) is 10.1 Å². The Hall–Kier alpha value is -2.83. The summed E-state index contributed by atoms with van der Waals surface area (Å²) < 4.78 is 5.50. The van der Waals surface area contributed by atoms with Crippen LogP contribution in [0.4, 0.5) is 23.0 Å². The van der Waals surface area contributed by atoms with Crippen molar-refractivity contribution >= 4 is 23.0 Å². The number of benzene rings is 1. The molecule has 2 N–H and O–H groups in total. The molecule has 0 aliphatic heterocycles. The van der Waals surface area contributed by atoms with Gasteiger partial charge in [-0.05, 0) is 19.1 Å². The molecule has 0 aliphatic carbocycles. The summed E-state index contributed by atoms with van der Waals surface area (Å²) in [6.45, 7) is 2.42. The van der Waals surface area contributed by atoms with Crippen molar-refractivity contribution in [3.63, 3.8) is 0 Å². The molecule has 2 rings (SSSR count). The molecule has 7 nitrogen and oxygen atoms in total. The van der Waals surface area contributed by atoms with Crippen molar-refractivity contribution in [1.82, 2.24) is 4.98 Å². The van der Waals surface area contributed by atoms with Gasteiger partial charge in [-0.15, -0.1) is 0 Å². The zero-order chi connectivity index (χ0) is 15.2. The normalized spacial score (nSPS) is 10.0. The van der Waals surface area contributed by atoms with E-state index in [2.05, 4.69) is 15.6 Å². The Morgan fingerprint density at radius 3 is 2.67 bits per heavy atom. The van der Waals surface area contributed by atoms with Crippen LogP contribution < -0.4 is 15.4 Å². The SMILES string of the molecule is CCOc1ccccc1Nc1cc([N+](=O)[O-])cc(NC)n1. The van der Waals surface area contributed by atoms with Gasteiger partial charge >= 0.3 is 0 Å². The molecule has 110 valence electrons. The molecule has 21 heavy (non-hydrogen) atoms. The Labute approximate surface area is 122 Å². The largest absolute Gasteiger partial charge is 0.492 e. The predicted octanol–water partition coefficient (Wildman–Crippen LogP) is 3.17. The standard InChI is InChI=1S/C14H16N4O3/c1-3-21-12-7-5-4-6-11(12)16-14-9-10(18(19)20)8-13(15-2)17-14/h4-9H,3H2,1-2H3,(H2,15,16,17). The van der Waals surface area contributed by atoms with Crippen molar-refractivity contribution in [3.05, 3.63) is 46.5 Å². The molecule has 0 amide bonds. The monoisotopic (exact) mass is 288 g/mol. The summed E-state index contributed by atoms with van der Waals surface area (Å²) in [5.74, 6) is 1.46. The fraction of sp³-hybridized carbons (Fsp3) is 0.214. The maximum Gasteiger partial charge on any atom is 0.276 e. The maximum absolute atomic E-state index is 10.9. The van der Waals surface area contributed by atoms with Crippen LogP contribution >= 0.6 is 0 Å². The van der Waals surface area contributed by atoms with E-state index in [0.717, 1.165) is 0 Å². The molecular formula is C14H16N4O3. The van der Waals surface area contributed by atoms with Crippen LogP contribution in [0.25, 0.3) is 0 Å². The predicted molar refractivity (Wildman–Crippen MR) is 81.3 cm³/mol. The molecule has 0 atom stereocenters. The van der Waals surface area contributed by atoms with Crippen molar-refractivity contribution in [1.29, 1.82) is 0 Å². The first-order valence-corrected chi connectivity index (χ1v) is 6.47. The third-order valence-electron chi connectivity index (χ3n) is 2.73. The molecule has 0 aliphatic rings. The van der Waals surface area contributed by atoms with Gasteiger partial charge in [0.2, 0.25) is 0 Å². The lowest BCUT2D eigenvalue weighted by Gasteiger charge is -2.12. The molecule has 0 fully saturated rings. The number of hydrogen-bond donors (Lipinski definition) is 2. The second-order valence-corrected chi connectivity index (χ2v) is 4.16. The minimum absolute atomic E-state index is 0.0364. The Kier molecular flexibility index (Phi) is 4.55. The number of aromatic nitrogens is 1. The quantitative estimate of drug-likeness (QED) is 0.627. The first kappa shape index (κ1) is 14.6. The van der Waals surface area contributed by atoms with Crippen LogP contribution in [0.2, 0.25) is 0 Å². The van der Waals surface area contributed by atoms with E-state index in [9.17, 15) is 10.1 Å². The minimum Gasteiger partial charge on any atom is -0.492 e. The number of nitrogens with one attached hydrogen (secondary N) is 2. The lowest BCUT2D eigenvalue weighted by molar-refractivity contribution is -0.384. The molecule has 0 unspecified atom stereocenters. The summed E-state index contributed by atoms with van der Waals surface area (Å²) in [5.41, 5.74) is 0.667. The summed E-state index contributed by atoms with van der Waals surface area (Å²) in [7, 11) is 1.66. The molecule has 0 bridgehead atoms. The number of ether oxygens (including phenoxy) is 1. The molecule has 1 aromatic heterocycles. The van der Waals surface area contributed by atoms with Gasteiger partial charge in [0.1, 0.15) is 17.4 Å². The molecule has 7 heteroatoms. The minimum atomic E-state index is -0.456. The number of hydrogen-bond acceptors (Lipinski definition) is 6. The van der Waals surface area contributed by atoms with E-state index < -0.39 is 4.92 Å². The first-order chi connectivity index (χ1) is 10.1. The van der Waals surface area contributed by atoms with Crippen molar-refractivity contribution in [2.75, 3.05) is 24.3 Å². The van der Waals surface area contributed by atoms with Crippen LogP contribution in [0.5, 0.6) is 5.75 Å². The Morgan fingerprint density at radius 1 is 1.29 bits per heavy atom. The van der Waals surface area contributed by atoms with Gasteiger partial charge in [-0.3, -0.25) is 10.1 Å². The number of para-hydroxylation sites is 2. The third-order valence-corrected chi connectivity index (χ3v) is 2.73. The second-order valence-electron chi connectivity index (χ2n) is 4.16. The van der Waals surface area contributed by atoms with E-state index in [0.29, 0.717) is 29.7 Å². The van der Waals surface area contributed by atoms with Crippen LogP contribution in [0.3, 0.4) is 0 Å². The van der Waals surface area contributed by atoms with Gasteiger partial charge in [-0.2, -0.15) is 0 Å². The van der Waals surface area contributed by atoms with Gasteiger partial charge in [0.25, 0.3) is 5.69 Å². The Balaban J connectivity index is 2.35. The highest BCUT2D eigenvalue weighted by Gasteiger charge is 2.12. The second kappa shape index (κ2) is 6.56. The highest BCUT2D eigenvalue weighted by molar-refractivity contribution is 5.67. The zero-order valence-corrected chi connectivity index (χ0v) is 11.8. The highest BCUT2D eigenvalue weighted by atomic mass is 16.6. The number of nitrogens with zero attached hydrogens (tertiary/aromatic N) is 2. The van der Waals surface area contributed by atoms with Crippen LogP contribution in [-0.4, -0.2) is 23.6 Å². The van der Waals surface area contributed by atoms with Crippen molar-refractivity contribution in [2.24, 2.45) is 0 Å². The van der Waals surface area contributed by atoms with E-state index >= 15 is 0 Å². The highest BCUT2D eigenvalue weighted by Crippen LogP contribution is 2.29. The number of rotatable bonds is 6.